The highest BCUT2D eigenvalue weighted by molar-refractivity contribution is 5.92. The van der Waals surface area contributed by atoms with Crippen molar-refractivity contribution in [2.45, 2.75) is 37.6 Å². The fourth-order valence-corrected chi connectivity index (χ4v) is 2.61. The summed E-state index contributed by atoms with van der Waals surface area (Å²) in [6.07, 6.45) is 3.92. The van der Waals surface area contributed by atoms with Crippen molar-refractivity contribution in [2.24, 2.45) is 0 Å². The first-order valence-electron chi connectivity index (χ1n) is 5.09. The van der Waals surface area contributed by atoms with Crippen LogP contribution in [0.25, 0.3) is 0 Å². The van der Waals surface area contributed by atoms with Gasteiger partial charge in [0.2, 0.25) is 5.91 Å². The summed E-state index contributed by atoms with van der Waals surface area (Å²) >= 11 is 0. The second-order valence-corrected chi connectivity index (χ2v) is 4.03. The van der Waals surface area contributed by atoms with Gasteiger partial charge in [-0.2, -0.15) is 0 Å². The van der Waals surface area contributed by atoms with E-state index in [1.807, 2.05) is 0 Å². The molecule has 2 aliphatic rings. The van der Waals surface area contributed by atoms with Crippen LogP contribution in [0.5, 0.6) is 0 Å². The molecule has 4 nitrogen and oxygen atoms in total. The summed E-state index contributed by atoms with van der Waals surface area (Å²) in [5.74, 6) is -0.127. The maximum Gasteiger partial charge on any atom is 0.331 e. The molecule has 0 radical (unpaired) electrons. The molecule has 4 heteroatoms. The van der Waals surface area contributed by atoms with Crippen molar-refractivity contribution in [3.63, 3.8) is 0 Å². The minimum Gasteiger partial charge on any atom is -0.467 e. The molecule has 0 aromatic heterocycles. The van der Waals surface area contributed by atoms with Crippen molar-refractivity contribution in [2.75, 3.05) is 13.7 Å². The van der Waals surface area contributed by atoms with Gasteiger partial charge in [0.25, 0.3) is 0 Å². The van der Waals surface area contributed by atoms with E-state index in [2.05, 4.69) is 0 Å². The molecule has 0 bridgehead atoms. The van der Waals surface area contributed by atoms with Gasteiger partial charge in [-0.05, 0) is 25.7 Å². The van der Waals surface area contributed by atoms with Gasteiger partial charge in [-0.25, -0.2) is 4.79 Å². The van der Waals surface area contributed by atoms with E-state index < -0.39 is 5.54 Å². The first-order valence-corrected chi connectivity index (χ1v) is 5.09. The zero-order valence-corrected chi connectivity index (χ0v) is 8.41. The lowest BCUT2D eigenvalue weighted by atomic mass is 9.86. The van der Waals surface area contributed by atoms with Crippen molar-refractivity contribution < 1.29 is 14.3 Å². The largest absolute Gasteiger partial charge is 0.467 e. The molecule has 1 unspecified atom stereocenters. The standard InChI is InChI=1S/C10H15NO3/c1-14-9(13)10-5-2-3-7-11(10)8(12)4-6-10/h2-7H2,1H3. The summed E-state index contributed by atoms with van der Waals surface area (Å²) in [4.78, 5) is 25.0. The Hall–Kier alpha value is -1.06. The molecule has 2 fully saturated rings. The Morgan fingerprint density at radius 1 is 1.43 bits per heavy atom. The number of ether oxygens (including phenoxy) is 1. The van der Waals surface area contributed by atoms with Crippen LogP contribution in [0.15, 0.2) is 0 Å². The Morgan fingerprint density at radius 2 is 2.21 bits per heavy atom. The number of esters is 1. The zero-order valence-electron chi connectivity index (χ0n) is 8.41. The molecule has 1 atom stereocenters. The van der Waals surface area contributed by atoms with Crippen LogP contribution in [0.4, 0.5) is 0 Å². The molecule has 14 heavy (non-hydrogen) atoms. The van der Waals surface area contributed by atoms with Gasteiger partial charge < -0.3 is 9.64 Å². The molecule has 1 amide bonds. The van der Waals surface area contributed by atoms with Crippen molar-refractivity contribution in [3.05, 3.63) is 0 Å². The van der Waals surface area contributed by atoms with E-state index >= 15 is 0 Å². The molecular formula is C10H15NO3. The lowest BCUT2D eigenvalue weighted by Gasteiger charge is -2.39. The topological polar surface area (TPSA) is 46.6 Å². The Labute approximate surface area is 83.2 Å². The predicted octanol–water partition coefficient (Wildman–Crippen LogP) is 0.704. The van der Waals surface area contributed by atoms with E-state index in [1.54, 1.807) is 4.90 Å². The average molecular weight is 197 g/mol. The number of methoxy groups -OCH3 is 1. The number of rotatable bonds is 1. The lowest BCUT2D eigenvalue weighted by molar-refractivity contribution is -0.159. The van der Waals surface area contributed by atoms with E-state index in [4.69, 9.17) is 4.74 Å². The van der Waals surface area contributed by atoms with E-state index in [9.17, 15) is 9.59 Å². The highest BCUT2D eigenvalue weighted by Crippen LogP contribution is 2.39. The Morgan fingerprint density at radius 3 is 2.93 bits per heavy atom. The average Bonchev–Trinajstić information content (AvgIpc) is 2.57. The Kier molecular flexibility index (Phi) is 2.21. The number of carbonyl (C=O) groups is 2. The van der Waals surface area contributed by atoms with E-state index in [-0.39, 0.29) is 11.9 Å². The van der Waals surface area contributed by atoms with E-state index in [1.165, 1.54) is 7.11 Å². The number of hydrogen-bond acceptors (Lipinski definition) is 3. The van der Waals surface area contributed by atoms with Crippen molar-refractivity contribution in [1.82, 2.24) is 4.90 Å². The second kappa shape index (κ2) is 3.26. The summed E-state index contributed by atoms with van der Waals surface area (Å²) in [5, 5.41) is 0. The number of amides is 1. The van der Waals surface area contributed by atoms with Crippen molar-refractivity contribution in [3.8, 4) is 0 Å². The van der Waals surface area contributed by atoms with Gasteiger partial charge in [0.05, 0.1) is 7.11 Å². The first kappa shape index (κ1) is 9.49. The quantitative estimate of drug-likeness (QED) is 0.581. The lowest BCUT2D eigenvalue weighted by Crippen LogP contribution is -2.54. The Bertz CT molecular complexity index is 277. The summed E-state index contributed by atoms with van der Waals surface area (Å²) in [5.41, 5.74) is -0.607. The highest BCUT2D eigenvalue weighted by atomic mass is 16.5. The number of nitrogens with zero attached hydrogens (tertiary/aromatic N) is 1. The van der Waals surface area contributed by atoms with Gasteiger partial charge in [-0.1, -0.05) is 0 Å². The predicted molar refractivity (Wildman–Crippen MR) is 49.5 cm³/mol. The summed E-state index contributed by atoms with van der Waals surface area (Å²) in [6.45, 7) is 0.716. The molecule has 0 N–H and O–H groups in total. The van der Waals surface area contributed by atoms with Crippen LogP contribution in [-0.2, 0) is 14.3 Å². The first-order chi connectivity index (χ1) is 6.70. The Balaban J connectivity index is 2.29. The smallest absolute Gasteiger partial charge is 0.331 e. The van der Waals surface area contributed by atoms with Crippen LogP contribution in [-0.4, -0.2) is 36.0 Å². The monoisotopic (exact) mass is 197 g/mol. The number of piperidine rings is 1. The maximum absolute atomic E-state index is 11.7. The van der Waals surface area contributed by atoms with Crippen molar-refractivity contribution in [1.29, 1.82) is 0 Å². The third kappa shape index (κ3) is 1.13. The summed E-state index contributed by atoms with van der Waals surface area (Å²) in [6, 6.07) is 0. The molecule has 78 valence electrons. The van der Waals surface area contributed by atoms with E-state index in [0.717, 1.165) is 19.3 Å². The molecule has 2 rings (SSSR count). The molecular weight excluding hydrogens is 182 g/mol. The van der Waals surface area contributed by atoms with Crippen LogP contribution < -0.4 is 0 Å². The summed E-state index contributed by atoms with van der Waals surface area (Å²) < 4.78 is 4.81. The molecule has 2 aliphatic heterocycles. The van der Waals surface area contributed by atoms with Gasteiger partial charge in [0.15, 0.2) is 0 Å². The van der Waals surface area contributed by atoms with Crippen LogP contribution >= 0.6 is 0 Å². The zero-order chi connectivity index (χ0) is 10.2. The van der Waals surface area contributed by atoms with E-state index in [0.29, 0.717) is 19.4 Å². The van der Waals surface area contributed by atoms with Gasteiger partial charge >= 0.3 is 5.97 Å². The van der Waals surface area contributed by atoms with Crippen LogP contribution in [0.1, 0.15) is 32.1 Å². The molecule has 0 aromatic rings. The third-order valence-electron chi connectivity index (χ3n) is 3.36. The SMILES string of the molecule is COC(=O)C12CCCCN1C(=O)CC2. The highest BCUT2D eigenvalue weighted by Gasteiger charge is 2.52. The van der Waals surface area contributed by atoms with Crippen LogP contribution in [0, 0.1) is 0 Å². The second-order valence-electron chi connectivity index (χ2n) is 4.03. The molecule has 2 saturated heterocycles. The third-order valence-corrected chi connectivity index (χ3v) is 3.36. The molecule has 0 aromatic carbocycles. The minimum atomic E-state index is -0.607. The molecule has 0 saturated carbocycles. The fraction of sp³-hybridized carbons (Fsp3) is 0.800. The number of hydrogen-bond donors (Lipinski definition) is 0. The maximum atomic E-state index is 11.7. The molecule has 0 spiro atoms. The fourth-order valence-electron chi connectivity index (χ4n) is 2.61. The molecule has 0 aliphatic carbocycles. The van der Waals surface area contributed by atoms with Gasteiger partial charge in [0.1, 0.15) is 5.54 Å². The van der Waals surface area contributed by atoms with Gasteiger partial charge in [-0.3, -0.25) is 4.79 Å². The van der Waals surface area contributed by atoms with Crippen molar-refractivity contribution >= 4 is 11.9 Å². The number of carbonyl (C=O) groups excluding carboxylic acids is 2. The van der Waals surface area contributed by atoms with Gasteiger partial charge in [-0.15, -0.1) is 0 Å². The molecule has 2 heterocycles. The summed E-state index contributed by atoms with van der Waals surface area (Å²) in [7, 11) is 1.40. The van der Waals surface area contributed by atoms with Crippen LogP contribution in [0.2, 0.25) is 0 Å². The van der Waals surface area contributed by atoms with Crippen LogP contribution in [0.3, 0.4) is 0 Å². The van der Waals surface area contributed by atoms with Gasteiger partial charge in [0, 0.05) is 13.0 Å². The normalized spacial score (nSPS) is 31.5. The minimum absolute atomic E-state index is 0.107. The number of fused-ring (bicyclic) bond motifs is 1.